The molecule has 5 heteroatoms. The summed E-state index contributed by atoms with van der Waals surface area (Å²) >= 11 is 0. The van der Waals surface area contributed by atoms with Crippen LogP contribution in [0.4, 0.5) is 0 Å². The van der Waals surface area contributed by atoms with Crippen LogP contribution in [-0.2, 0) is 4.79 Å². The minimum Gasteiger partial charge on any atom is -0.493 e. The van der Waals surface area contributed by atoms with Gasteiger partial charge in [-0.3, -0.25) is 4.79 Å². The fourth-order valence-corrected chi connectivity index (χ4v) is 1.47. The monoisotopic (exact) mass is 265 g/mol. The van der Waals surface area contributed by atoms with E-state index in [0.29, 0.717) is 18.1 Å². The van der Waals surface area contributed by atoms with E-state index in [4.69, 9.17) is 14.6 Å². The highest BCUT2D eigenvalue weighted by molar-refractivity contribution is 5.91. The highest BCUT2D eigenvalue weighted by atomic mass is 16.5. The number of benzene rings is 1. The molecule has 0 aromatic heterocycles. The van der Waals surface area contributed by atoms with Gasteiger partial charge in [0, 0.05) is 12.6 Å². The van der Waals surface area contributed by atoms with E-state index < -0.39 is 0 Å². The lowest BCUT2D eigenvalue weighted by Gasteiger charge is -2.09. The zero-order valence-corrected chi connectivity index (χ0v) is 11.2. The molecule has 0 saturated carbocycles. The minimum atomic E-state index is -0.248. The molecule has 0 saturated heterocycles. The second kappa shape index (κ2) is 8.16. The number of ether oxygens (including phenoxy) is 2. The first-order valence-electron chi connectivity index (χ1n) is 6.08. The number of aliphatic hydroxyl groups excluding tert-OH is 1. The summed E-state index contributed by atoms with van der Waals surface area (Å²) in [6.45, 7) is 2.64. The molecule has 0 atom stereocenters. The quantitative estimate of drug-likeness (QED) is 0.727. The van der Waals surface area contributed by atoms with Gasteiger partial charge in [0.25, 0.3) is 0 Å². The Hall–Kier alpha value is -2.01. The Morgan fingerprint density at radius 3 is 2.84 bits per heavy atom. The first-order valence-corrected chi connectivity index (χ1v) is 6.08. The molecule has 0 aliphatic heterocycles. The summed E-state index contributed by atoms with van der Waals surface area (Å²) in [5.74, 6) is 1.05. The molecule has 2 N–H and O–H groups in total. The third-order valence-electron chi connectivity index (χ3n) is 2.33. The van der Waals surface area contributed by atoms with Crippen LogP contribution in [0.25, 0.3) is 6.08 Å². The third-order valence-corrected chi connectivity index (χ3v) is 2.33. The predicted octanol–water partition coefficient (Wildman–Crippen LogP) is 1.22. The molecule has 5 nitrogen and oxygen atoms in total. The third kappa shape index (κ3) is 5.01. The van der Waals surface area contributed by atoms with Crippen LogP contribution in [0.5, 0.6) is 11.5 Å². The lowest BCUT2D eigenvalue weighted by atomic mass is 10.2. The van der Waals surface area contributed by atoms with Gasteiger partial charge in [-0.1, -0.05) is 6.07 Å². The number of hydrogen-bond acceptors (Lipinski definition) is 4. The molecule has 1 amide bonds. The van der Waals surface area contributed by atoms with Gasteiger partial charge in [0.2, 0.25) is 5.91 Å². The second-order valence-corrected chi connectivity index (χ2v) is 3.69. The fraction of sp³-hybridized carbons (Fsp3) is 0.357. The smallest absolute Gasteiger partial charge is 0.244 e. The largest absolute Gasteiger partial charge is 0.493 e. The van der Waals surface area contributed by atoms with E-state index in [9.17, 15) is 4.79 Å². The molecular formula is C14H19NO4. The van der Waals surface area contributed by atoms with Crippen LogP contribution >= 0.6 is 0 Å². The van der Waals surface area contributed by atoms with Crippen molar-refractivity contribution < 1.29 is 19.4 Å². The average Bonchev–Trinajstić information content (AvgIpc) is 2.44. The molecule has 0 aliphatic carbocycles. The molecule has 0 radical (unpaired) electrons. The summed E-state index contributed by atoms with van der Waals surface area (Å²) < 4.78 is 10.6. The lowest BCUT2D eigenvalue weighted by molar-refractivity contribution is -0.116. The number of nitrogens with one attached hydrogen (secondary N) is 1. The average molecular weight is 265 g/mol. The summed E-state index contributed by atoms with van der Waals surface area (Å²) in [5.41, 5.74) is 0.833. The lowest BCUT2D eigenvalue weighted by Crippen LogP contribution is -2.24. The van der Waals surface area contributed by atoms with Gasteiger partial charge in [-0.25, -0.2) is 0 Å². The van der Waals surface area contributed by atoms with Gasteiger partial charge in [0.1, 0.15) is 0 Å². The van der Waals surface area contributed by atoms with E-state index in [2.05, 4.69) is 5.32 Å². The molecule has 0 unspecified atom stereocenters. The highest BCUT2D eigenvalue weighted by Gasteiger charge is 2.03. The SMILES string of the molecule is CCOc1ccc(/C=C/C(=O)NCCO)cc1OC. The maximum absolute atomic E-state index is 11.3. The van der Waals surface area contributed by atoms with Crippen LogP contribution < -0.4 is 14.8 Å². The number of carbonyl (C=O) groups excluding carboxylic acids is 1. The summed E-state index contributed by atoms with van der Waals surface area (Å²) in [6, 6.07) is 5.43. The zero-order valence-electron chi connectivity index (χ0n) is 11.2. The molecular weight excluding hydrogens is 246 g/mol. The van der Waals surface area contributed by atoms with Gasteiger partial charge in [0.15, 0.2) is 11.5 Å². The number of aliphatic hydroxyl groups is 1. The summed E-state index contributed by atoms with van der Waals surface area (Å²) in [5, 5.41) is 11.1. The van der Waals surface area contributed by atoms with Crippen LogP contribution in [-0.4, -0.2) is 37.9 Å². The molecule has 1 rings (SSSR count). The van der Waals surface area contributed by atoms with Crippen molar-refractivity contribution in [1.82, 2.24) is 5.32 Å². The standard InChI is InChI=1S/C14H19NO4/c1-3-19-12-6-4-11(10-13(12)18-2)5-7-14(17)15-8-9-16/h4-7,10,16H,3,8-9H2,1-2H3,(H,15,17)/b7-5+. The van der Waals surface area contributed by atoms with Crippen LogP contribution in [0, 0.1) is 0 Å². The second-order valence-electron chi connectivity index (χ2n) is 3.69. The predicted molar refractivity (Wildman–Crippen MR) is 73.3 cm³/mol. The fourth-order valence-electron chi connectivity index (χ4n) is 1.47. The van der Waals surface area contributed by atoms with Gasteiger partial charge < -0.3 is 19.9 Å². The van der Waals surface area contributed by atoms with Gasteiger partial charge in [-0.15, -0.1) is 0 Å². The Bertz CT molecular complexity index is 443. The van der Waals surface area contributed by atoms with Crippen LogP contribution in [0.2, 0.25) is 0 Å². The Morgan fingerprint density at radius 2 is 2.21 bits per heavy atom. The molecule has 0 bridgehead atoms. The molecule has 104 valence electrons. The molecule has 0 spiro atoms. The first-order chi connectivity index (χ1) is 9.21. The number of rotatable bonds is 7. The van der Waals surface area contributed by atoms with Crippen molar-refractivity contribution in [1.29, 1.82) is 0 Å². The van der Waals surface area contributed by atoms with Crippen LogP contribution in [0.15, 0.2) is 24.3 Å². The molecule has 19 heavy (non-hydrogen) atoms. The topological polar surface area (TPSA) is 67.8 Å². The van der Waals surface area contributed by atoms with E-state index in [1.165, 1.54) is 6.08 Å². The number of carbonyl (C=O) groups is 1. The molecule has 0 aliphatic rings. The maximum atomic E-state index is 11.3. The van der Waals surface area contributed by atoms with Crippen molar-refractivity contribution in [3.8, 4) is 11.5 Å². The summed E-state index contributed by atoms with van der Waals surface area (Å²) in [7, 11) is 1.57. The summed E-state index contributed by atoms with van der Waals surface area (Å²) in [6.07, 6.45) is 3.08. The Kier molecular flexibility index (Phi) is 6.46. The number of amides is 1. The van der Waals surface area contributed by atoms with Crippen molar-refractivity contribution in [2.45, 2.75) is 6.92 Å². The normalized spacial score (nSPS) is 10.5. The van der Waals surface area contributed by atoms with Crippen molar-refractivity contribution in [3.05, 3.63) is 29.8 Å². The Morgan fingerprint density at radius 1 is 1.42 bits per heavy atom. The number of methoxy groups -OCH3 is 1. The van der Waals surface area contributed by atoms with E-state index >= 15 is 0 Å². The van der Waals surface area contributed by atoms with E-state index in [1.807, 2.05) is 13.0 Å². The van der Waals surface area contributed by atoms with Gasteiger partial charge in [0.05, 0.1) is 20.3 Å². The molecule has 0 heterocycles. The van der Waals surface area contributed by atoms with E-state index in [0.717, 1.165) is 5.56 Å². The molecule has 1 aromatic carbocycles. The first kappa shape index (κ1) is 15.0. The van der Waals surface area contributed by atoms with Crippen molar-refractivity contribution >= 4 is 12.0 Å². The van der Waals surface area contributed by atoms with Crippen molar-refractivity contribution in [2.75, 3.05) is 26.9 Å². The van der Waals surface area contributed by atoms with Crippen LogP contribution in [0.3, 0.4) is 0 Å². The number of hydrogen-bond donors (Lipinski definition) is 2. The van der Waals surface area contributed by atoms with E-state index in [1.54, 1.807) is 25.3 Å². The van der Waals surface area contributed by atoms with E-state index in [-0.39, 0.29) is 19.1 Å². The highest BCUT2D eigenvalue weighted by Crippen LogP contribution is 2.28. The van der Waals surface area contributed by atoms with Crippen LogP contribution in [0.1, 0.15) is 12.5 Å². The molecule has 1 aromatic rings. The van der Waals surface area contributed by atoms with Gasteiger partial charge >= 0.3 is 0 Å². The maximum Gasteiger partial charge on any atom is 0.244 e. The minimum absolute atomic E-state index is 0.0730. The Balaban J connectivity index is 2.73. The van der Waals surface area contributed by atoms with Crippen molar-refractivity contribution in [3.63, 3.8) is 0 Å². The zero-order chi connectivity index (χ0) is 14.1. The van der Waals surface area contributed by atoms with Gasteiger partial charge in [-0.05, 0) is 30.7 Å². The van der Waals surface area contributed by atoms with Gasteiger partial charge in [-0.2, -0.15) is 0 Å². The Labute approximate surface area is 112 Å². The van der Waals surface area contributed by atoms with Crippen molar-refractivity contribution in [2.24, 2.45) is 0 Å². The molecule has 0 fully saturated rings. The summed E-state index contributed by atoms with van der Waals surface area (Å²) in [4.78, 5) is 11.3.